The fraction of sp³-hybridized carbons (Fsp3) is 0.625. The van der Waals surface area contributed by atoms with E-state index in [1.807, 2.05) is 6.92 Å². The van der Waals surface area contributed by atoms with Gasteiger partial charge in [-0.2, -0.15) is 17.5 Å². The topological polar surface area (TPSA) is 66.1 Å². The van der Waals surface area contributed by atoms with E-state index in [1.54, 1.807) is 30.3 Å². The second kappa shape index (κ2) is 38.2. The number of aromatic amines is 1. The Morgan fingerprint density at radius 2 is 1.12 bits per heavy atom. The third-order valence-electron chi connectivity index (χ3n) is 5.60. The van der Waals surface area contributed by atoms with Crippen LogP contribution in [0.3, 0.4) is 0 Å². The van der Waals surface area contributed by atoms with Crippen LogP contribution in [-0.4, -0.2) is 35.8 Å². The molecular formula is C40H94F3N3O2S. The maximum atomic E-state index is 13.0. The van der Waals surface area contributed by atoms with Gasteiger partial charge in [0.05, 0.1) is 22.3 Å². The van der Waals surface area contributed by atoms with Crippen molar-refractivity contribution in [2.45, 2.75) is 170 Å². The summed E-state index contributed by atoms with van der Waals surface area (Å²) in [6, 6.07) is 11.9. The van der Waals surface area contributed by atoms with Gasteiger partial charge in [0, 0.05) is 24.6 Å². The molecule has 0 radical (unpaired) electrons. The van der Waals surface area contributed by atoms with E-state index in [0.29, 0.717) is 43.0 Å². The van der Waals surface area contributed by atoms with Crippen LogP contribution in [0.1, 0.15) is 169 Å². The van der Waals surface area contributed by atoms with E-state index in [2.05, 4.69) is 9.97 Å². The van der Waals surface area contributed by atoms with E-state index in [4.69, 9.17) is 0 Å². The quantitative estimate of drug-likeness (QED) is 0.290. The number of nitrogens with one attached hydrogen (secondary N) is 1. The summed E-state index contributed by atoms with van der Waals surface area (Å²) in [4.78, 5) is 7.76. The van der Waals surface area contributed by atoms with E-state index in [-0.39, 0.29) is 144 Å². The van der Waals surface area contributed by atoms with Crippen molar-refractivity contribution in [3.63, 3.8) is 0 Å². The summed E-state index contributed by atoms with van der Waals surface area (Å²) in [6.07, 6.45) is -1.71. The fourth-order valence-electron chi connectivity index (χ4n) is 3.78. The Hall–Kier alpha value is -2.65. The van der Waals surface area contributed by atoms with Crippen molar-refractivity contribution in [3.8, 4) is 11.3 Å². The van der Waals surface area contributed by atoms with E-state index >= 15 is 0 Å². The van der Waals surface area contributed by atoms with Gasteiger partial charge >= 0.3 is 6.18 Å². The molecule has 308 valence electrons. The van der Waals surface area contributed by atoms with Crippen molar-refractivity contribution >= 4 is 10.0 Å². The number of piperidine rings is 1. The zero-order valence-electron chi connectivity index (χ0n) is 16.9. The zero-order chi connectivity index (χ0) is 22.2. The molecule has 2 aromatic carbocycles. The van der Waals surface area contributed by atoms with Gasteiger partial charge in [0.25, 0.3) is 0 Å². The number of sulfonamides is 1. The summed E-state index contributed by atoms with van der Waals surface area (Å²) in [6.45, 7) is 2.62. The molecular weight excluding hydrogens is 644 g/mol. The third kappa shape index (κ3) is 21.9. The number of halogens is 3. The maximum absolute atomic E-state index is 13.0. The largest absolute Gasteiger partial charge is 0.416 e. The summed E-state index contributed by atoms with van der Waals surface area (Å²) in [7, 11) is -3.54. The molecule has 1 aromatic heterocycles. The molecule has 1 N–H and O–H groups in total. The first-order chi connectivity index (χ1) is 14.6. The number of H-pyrrole nitrogens is 1. The smallest absolute Gasteiger partial charge is 0.342 e. The number of nitrogens with zero attached hydrogens (tertiary/aromatic N) is 2. The highest BCUT2D eigenvalue weighted by molar-refractivity contribution is 7.89. The maximum Gasteiger partial charge on any atom is 0.416 e. The summed E-state index contributed by atoms with van der Waals surface area (Å²) in [5, 5.41) is 0. The zero-order valence-corrected chi connectivity index (χ0v) is 17.7. The van der Waals surface area contributed by atoms with Crippen molar-refractivity contribution in [1.29, 1.82) is 0 Å². The highest BCUT2D eigenvalue weighted by Gasteiger charge is 2.32. The number of rotatable bonds is 4. The second-order valence-corrected chi connectivity index (χ2v) is 9.69. The van der Waals surface area contributed by atoms with Gasteiger partial charge < -0.3 is 4.98 Å². The predicted octanol–water partition coefficient (Wildman–Crippen LogP) is 16.4. The minimum Gasteiger partial charge on any atom is -0.342 e. The van der Waals surface area contributed by atoms with Crippen LogP contribution in [0.2, 0.25) is 0 Å². The highest BCUT2D eigenvalue weighted by atomic mass is 32.2. The van der Waals surface area contributed by atoms with Crippen LogP contribution in [0.25, 0.3) is 11.3 Å². The minimum atomic E-state index is -4.41. The van der Waals surface area contributed by atoms with Crippen LogP contribution in [0.4, 0.5) is 13.2 Å². The molecule has 1 fully saturated rings. The van der Waals surface area contributed by atoms with E-state index < -0.39 is 21.8 Å². The van der Waals surface area contributed by atoms with Crippen LogP contribution < -0.4 is 0 Å². The first-order valence-corrected chi connectivity index (χ1v) is 11.4. The number of hydrogen-bond acceptors (Lipinski definition) is 3. The average molecular weight is 738 g/mol. The Morgan fingerprint density at radius 1 is 0.694 bits per heavy atom. The Kier molecular flexibility index (Phi) is 75.5. The monoisotopic (exact) mass is 738 g/mol. The molecule has 0 saturated carbocycles. The van der Waals surface area contributed by atoms with Crippen LogP contribution in [0.5, 0.6) is 0 Å². The Morgan fingerprint density at radius 3 is 1.53 bits per heavy atom. The van der Waals surface area contributed by atoms with E-state index in [0.717, 1.165) is 17.7 Å². The molecule has 1 aliphatic rings. The van der Waals surface area contributed by atoms with Crippen LogP contribution in [0.15, 0.2) is 59.6 Å². The number of hydrogen-bond donors (Lipinski definition) is 1. The van der Waals surface area contributed by atoms with Crippen molar-refractivity contribution in [2.24, 2.45) is 0 Å². The number of aromatic nitrogens is 2. The number of benzene rings is 2. The molecule has 3 aromatic rings. The molecule has 2 heterocycles. The van der Waals surface area contributed by atoms with Gasteiger partial charge in [-0.3, -0.25) is 0 Å². The lowest BCUT2D eigenvalue weighted by Crippen LogP contribution is -2.38. The third-order valence-corrected chi connectivity index (χ3v) is 7.51. The molecule has 5 nitrogen and oxygen atoms in total. The summed E-state index contributed by atoms with van der Waals surface area (Å²) in [5.74, 6) is 0.684. The second-order valence-electron chi connectivity index (χ2n) is 7.75. The first-order valence-electron chi connectivity index (χ1n) is 9.94. The van der Waals surface area contributed by atoms with Gasteiger partial charge in [0.1, 0.15) is 5.82 Å². The molecule has 0 unspecified atom stereocenters. The molecule has 49 heavy (non-hydrogen) atoms. The summed E-state index contributed by atoms with van der Waals surface area (Å²) >= 11 is 0. The lowest BCUT2D eigenvalue weighted by molar-refractivity contribution is -0.137. The lowest BCUT2D eigenvalue weighted by Gasteiger charge is -2.30. The van der Waals surface area contributed by atoms with Crippen LogP contribution >= 0.6 is 0 Å². The van der Waals surface area contributed by atoms with Gasteiger partial charge in [-0.25, -0.2) is 13.4 Å². The Bertz CT molecular complexity index is 1170. The minimum absolute atomic E-state index is 0. The molecule has 0 bridgehead atoms. The van der Waals surface area contributed by atoms with Gasteiger partial charge in [-0.15, -0.1) is 0 Å². The van der Waals surface area contributed by atoms with Crippen LogP contribution in [0, 0.1) is 6.92 Å². The van der Waals surface area contributed by atoms with Crippen LogP contribution in [-0.2, 0) is 16.2 Å². The van der Waals surface area contributed by atoms with Gasteiger partial charge in [0.15, 0.2) is 0 Å². The van der Waals surface area contributed by atoms with Crippen molar-refractivity contribution in [3.05, 3.63) is 71.7 Å². The molecule has 0 aliphatic carbocycles. The normalized spacial score (nSPS) is 10.4. The Labute approximate surface area is 311 Å². The number of aryl methyl sites for hydroxylation is 1. The van der Waals surface area contributed by atoms with E-state index in [9.17, 15) is 21.6 Å². The molecule has 9 heteroatoms. The SMILES string of the molecule is C.C.C.C.C.C.C.C.C.C.C.C.C.C.C.C.C.C.Cc1ccc(S(=O)(=O)N2CCC(c3ncc(-c4cccc(C(F)(F)F)c4)[nH]3)CC2)cc1. The molecule has 0 amide bonds. The molecule has 1 saturated heterocycles. The average Bonchev–Trinajstić information content (AvgIpc) is 3.24. The van der Waals surface area contributed by atoms with Crippen molar-refractivity contribution in [1.82, 2.24) is 14.3 Å². The summed E-state index contributed by atoms with van der Waals surface area (Å²) < 4.78 is 66.1. The van der Waals surface area contributed by atoms with E-state index in [1.165, 1.54) is 16.6 Å². The number of imidazole rings is 1. The molecule has 1 aliphatic heterocycles. The van der Waals surface area contributed by atoms with Crippen molar-refractivity contribution in [2.75, 3.05) is 13.1 Å². The number of alkyl halides is 3. The van der Waals surface area contributed by atoms with Gasteiger partial charge in [-0.05, 0) is 44.0 Å². The fourth-order valence-corrected chi connectivity index (χ4v) is 5.25. The predicted molar refractivity (Wildman–Crippen MR) is 232 cm³/mol. The molecule has 0 atom stereocenters. The highest BCUT2D eigenvalue weighted by Crippen LogP contribution is 2.33. The summed E-state index contributed by atoms with van der Waals surface area (Å²) in [5.41, 5.74) is 1.20. The van der Waals surface area contributed by atoms with Gasteiger partial charge in [0.2, 0.25) is 10.0 Å². The standard InChI is InChI=1S/C22H22F3N3O2S.18CH4/c1-15-5-7-19(8-6-15)31(29,30)28-11-9-16(10-12-28)21-26-14-20(27-21)17-3-2-4-18(13-17)22(23,24)25;;;;;;;;;;;;;;;;;;/h2-8,13-14,16H,9-12H2,1H3,(H,26,27);18*1H4. The first kappa shape index (κ1) is 97.0. The lowest BCUT2D eigenvalue weighted by atomic mass is 9.97. The molecule has 0 spiro atoms. The van der Waals surface area contributed by atoms with Crippen molar-refractivity contribution < 1.29 is 21.6 Å². The Balaban J connectivity index is -0.0000000494. The molecule has 4 rings (SSSR count). The van der Waals surface area contributed by atoms with Gasteiger partial charge in [-0.1, -0.05) is 164 Å².